The summed E-state index contributed by atoms with van der Waals surface area (Å²) in [5.74, 6) is 1.03. The van der Waals surface area contributed by atoms with E-state index < -0.39 is 0 Å². The lowest BCUT2D eigenvalue weighted by Gasteiger charge is -2.30. The van der Waals surface area contributed by atoms with Gasteiger partial charge in [-0.3, -0.25) is 0 Å². The number of thiophene rings is 1. The minimum absolute atomic E-state index is 0.512. The Morgan fingerprint density at radius 1 is 1.27 bits per heavy atom. The highest BCUT2D eigenvalue weighted by atomic mass is 32.1. The molecule has 3 rings (SSSR count). The highest BCUT2D eigenvalue weighted by Crippen LogP contribution is 2.37. The molecule has 0 radical (unpaired) electrons. The fourth-order valence-electron chi connectivity index (χ4n) is 3.69. The molecule has 4 nitrogen and oxygen atoms in total. The smallest absolute Gasteiger partial charge is 0.141 e. The topological polar surface area (TPSA) is 76.4 Å². The second-order valence-electron chi connectivity index (χ2n) is 6.88. The summed E-state index contributed by atoms with van der Waals surface area (Å²) in [4.78, 5) is 5.46. The van der Waals surface area contributed by atoms with Crippen LogP contribution in [0.1, 0.15) is 43.0 Å². The number of hydrogen-bond donors (Lipinski definition) is 3. The lowest BCUT2D eigenvalue weighted by Crippen LogP contribution is -2.33. The Balaban J connectivity index is 1.70. The van der Waals surface area contributed by atoms with E-state index in [0.29, 0.717) is 17.8 Å². The summed E-state index contributed by atoms with van der Waals surface area (Å²) in [6.45, 7) is 7.56. The van der Waals surface area contributed by atoms with Crippen LogP contribution in [0.2, 0.25) is 0 Å². The van der Waals surface area contributed by atoms with Crippen molar-refractivity contribution < 1.29 is 0 Å². The van der Waals surface area contributed by atoms with Gasteiger partial charge in [0.15, 0.2) is 0 Å². The normalized spacial score (nSPS) is 20.9. The molecule has 1 aliphatic carbocycles. The average molecular weight is 369 g/mol. The number of allylic oxidation sites excluding steroid dienone is 1. The number of nitrogens with two attached hydrogens (primary N) is 2. The summed E-state index contributed by atoms with van der Waals surface area (Å²) in [6.07, 6.45) is 4.75. The number of rotatable bonds is 6. The minimum Gasteiger partial charge on any atom is -0.398 e. The molecule has 1 saturated carbocycles. The van der Waals surface area contributed by atoms with Crippen molar-refractivity contribution >= 4 is 34.1 Å². The predicted octanol–water partition coefficient (Wildman–Crippen LogP) is 4.55. The minimum atomic E-state index is 0.512. The second-order valence-corrected chi connectivity index (χ2v) is 7.83. The van der Waals surface area contributed by atoms with Gasteiger partial charge >= 0.3 is 0 Å². The van der Waals surface area contributed by atoms with Crippen LogP contribution in [0.4, 0.5) is 11.4 Å². The number of nitrogens with zero attached hydrogens (tertiary/aromatic N) is 1. The Morgan fingerprint density at radius 2 is 2.04 bits per heavy atom. The van der Waals surface area contributed by atoms with Crippen LogP contribution < -0.4 is 16.8 Å². The largest absolute Gasteiger partial charge is 0.398 e. The lowest BCUT2D eigenvalue weighted by molar-refractivity contribution is 0.338. The maximum atomic E-state index is 6.32. The third-order valence-electron chi connectivity index (χ3n) is 5.12. The maximum Gasteiger partial charge on any atom is 0.141 e. The van der Waals surface area contributed by atoms with Crippen molar-refractivity contribution in [1.82, 2.24) is 5.32 Å². The Labute approximate surface area is 160 Å². The van der Waals surface area contributed by atoms with Gasteiger partial charge in [0.2, 0.25) is 0 Å². The molecule has 0 atom stereocenters. The van der Waals surface area contributed by atoms with Gasteiger partial charge in [0.05, 0.1) is 10.6 Å². The van der Waals surface area contributed by atoms with Crippen LogP contribution in [0.15, 0.2) is 47.3 Å². The number of nitrogen functional groups attached to an aromatic ring is 1. The number of benzene rings is 1. The molecule has 0 bridgehead atoms. The summed E-state index contributed by atoms with van der Waals surface area (Å²) < 4.78 is 0. The Bertz CT molecular complexity index is 771. The van der Waals surface area contributed by atoms with Gasteiger partial charge in [-0.15, -0.1) is 11.3 Å². The zero-order valence-electron chi connectivity index (χ0n) is 15.4. The van der Waals surface area contributed by atoms with Gasteiger partial charge in [-0.2, -0.15) is 0 Å². The van der Waals surface area contributed by atoms with Crippen LogP contribution in [0.25, 0.3) is 5.57 Å². The van der Waals surface area contributed by atoms with Gasteiger partial charge in [-0.1, -0.05) is 25.6 Å². The fourth-order valence-corrected chi connectivity index (χ4v) is 4.31. The van der Waals surface area contributed by atoms with Crippen molar-refractivity contribution in [3.8, 4) is 0 Å². The van der Waals surface area contributed by atoms with E-state index in [0.717, 1.165) is 33.9 Å². The number of anilines is 1. The van der Waals surface area contributed by atoms with Crippen LogP contribution in [0.5, 0.6) is 0 Å². The number of aliphatic imine (C=N–C) groups is 1. The van der Waals surface area contributed by atoms with Crippen molar-refractivity contribution in [2.45, 2.75) is 38.6 Å². The number of hydrogen-bond acceptors (Lipinski definition) is 4. The van der Waals surface area contributed by atoms with Crippen LogP contribution in [0, 0.1) is 5.92 Å². The van der Waals surface area contributed by atoms with Gasteiger partial charge in [0.25, 0.3) is 0 Å². The lowest BCUT2D eigenvalue weighted by atomic mass is 9.79. The molecular weight excluding hydrogens is 340 g/mol. The van der Waals surface area contributed by atoms with E-state index in [-0.39, 0.29) is 0 Å². The summed E-state index contributed by atoms with van der Waals surface area (Å²) in [7, 11) is 0. The van der Waals surface area contributed by atoms with E-state index in [1.807, 2.05) is 35.7 Å². The van der Waals surface area contributed by atoms with Gasteiger partial charge in [-0.05, 0) is 67.3 Å². The van der Waals surface area contributed by atoms with Crippen LogP contribution >= 0.6 is 11.3 Å². The molecule has 2 aromatic rings. The standard InChI is InChI=1S/C21H28N4S/c1-3-24-16-8-6-15(7-9-16)14(2)18-11-10-17(13-19(18)22)25-21(23)20-5-4-12-26-20/h4-5,10-13,15-16,24H,2-3,6-9,22H2,1H3,(H2,23,25). The van der Waals surface area contributed by atoms with Crippen molar-refractivity contribution in [2.24, 2.45) is 16.6 Å². The monoisotopic (exact) mass is 368 g/mol. The fraction of sp³-hybridized carbons (Fsp3) is 0.381. The van der Waals surface area contributed by atoms with E-state index in [9.17, 15) is 0 Å². The molecule has 0 aliphatic heterocycles. The third kappa shape index (κ3) is 4.34. The molecule has 5 N–H and O–H groups in total. The molecule has 1 fully saturated rings. The van der Waals surface area contributed by atoms with Crippen LogP contribution in [-0.2, 0) is 0 Å². The molecule has 1 heterocycles. The first-order chi connectivity index (χ1) is 12.6. The molecule has 5 heteroatoms. The van der Waals surface area contributed by atoms with E-state index in [2.05, 4.69) is 23.8 Å². The molecule has 138 valence electrons. The molecule has 0 unspecified atom stereocenters. The zero-order valence-corrected chi connectivity index (χ0v) is 16.2. The van der Waals surface area contributed by atoms with E-state index in [1.165, 1.54) is 25.7 Å². The summed E-state index contributed by atoms with van der Waals surface area (Å²) in [5, 5.41) is 5.54. The number of amidine groups is 1. The number of nitrogens with one attached hydrogen (secondary N) is 1. The van der Waals surface area contributed by atoms with E-state index in [4.69, 9.17) is 11.5 Å². The molecular formula is C21H28N4S. The van der Waals surface area contributed by atoms with E-state index >= 15 is 0 Å². The molecule has 0 spiro atoms. The van der Waals surface area contributed by atoms with Gasteiger partial charge in [-0.25, -0.2) is 4.99 Å². The van der Waals surface area contributed by atoms with Crippen molar-refractivity contribution in [1.29, 1.82) is 0 Å². The van der Waals surface area contributed by atoms with Crippen molar-refractivity contribution in [3.63, 3.8) is 0 Å². The van der Waals surface area contributed by atoms with Crippen molar-refractivity contribution in [3.05, 3.63) is 52.7 Å². The SMILES string of the molecule is C=C(c1ccc(N=C(N)c2cccs2)cc1N)C1CCC(NCC)CC1. The van der Waals surface area contributed by atoms with Crippen molar-refractivity contribution in [2.75, 3.05) is 12.3 Å². The first-order valence-electron chi connectivity index (χ1n) is 9.28. The van der Waals surface area contributed by atoms with E-state index in [1.54, 1.807) is 11.3 Å². The maximum absolute atomic E-state index is 6.32. The molecule has 0 saturated heterocycles. The molecule has 0 amide bonds. The summed E-state index contributed by atoms with van der Waals surface area (Å²) in [6, 6.07) is 10.5. The third-order valence-corrected chi connectivity index (χ3v) is 6.01. The molecule has 1 aromatic carbocycles. The Morgan fingerprint density at radius 3 is 2.65 bits per heavy atom. The first kappa shape index (κ1) is 18.7. The van der Waals surface area contributed by atoms with Gasteiger partial charge < -0.3 is 16.8 Å². The highest BCUT2D eigenvalue weighted by molar-refractivity contribution is 7.12. The Hall–Kier alpha value is -2.11. The Kier molecular flexibility index (Phi) is 6.12. The quantitative estimate of drug-likeness (QED) is 0.398. The van der Waals surface area contributed by atoms with Crippen LogP contribution in [-0.4, -0.2) is 18.4 Å². The van der Waals surface area contributed by atoms with Gasteiger partial charge in [0, 0.05) is 17.3 Å². The predicted molar refractivity (Wildman–Crippen MR) is 114 cm³/mol. The first-order valence-corrected chi connectivity index (χ1v) is 10.2. The molecule has 1 aliphatic rings. The summed E-state index contributed by atoms with van der Waals surface area (Å²) >= 11 is 1.58. The zero-order chi connectivity index (χ0) is 18.5. The molecule has 26 heavy (non-hydrogen) atoms. The molecule has 1 aromatic heterocycles. The highest BCUT2D eigenvalue weighted by Gasteiger charge is 2.23. The average Bonchev–Trinajstić information content (AvgIpc) is 3.17. The van der Waals surface area contributed by atoms with Gasteiger partial charge in [0.1, 0.15) is 5.84 Å². The van der Waals surface area contributed by atoms with Crippen LogP contribution in [0.3, 0.4) is 0 Å². The second kappa shape index (κ2) is 8.52. The summed E-state index contributed by atoms with van der Waals surface area (Å²) in [5.41, 5.74) is 16.1.